The number of phenolic OH excluding ortho intramolecular Hbond substituents is 1. The van der Waals surface area contributed by atoms with Crippen molar-refractivity contribution in [1.82, 2.24) is 0 Å². The molecule has 0 unspecified atom stereocenters. The lowest BCUT2D eigenvalue weighted by Gasteiger charge is -2.15. The number of fused-ring (bicyclic) bond motifs is 1. The average molecular weight is 365 g/mol. The van der Waals surface area contributed by atoms with Gasteiger partial charge in [-0.1, -0.05) is 53.7 Å². The first-order valence-electron chi connectivity index (χ1n) is 8.27. The first kappa shape index (κ1) is 18.3. The van der Waals surface area contributed by atoms with Crippen LogP contribution in [0.5, 0.6) is 11.5 Å². The van der Waals surface area contributed by atoms with Crippen LogP contribution in [0.25, 0.3) is 10.8 Å². The number of methoxy groups -OCH3 is 1. The van der Waals surface area contributed by atoms with Crippen LogP contribution in [0.15, 0.2) is 59.8 Å². The van der Waals surface area contributed by atoms with E-state index in [-0.39, 0.29) is 17.2 Å². The topological polar surface area (TPSA) is 88.4 Å². The van der Waals surface area contributed by atoms with Gasteiger partial charge in [0, 0.05) is 10.9 Å². The van der Waals surface area contributed by atoms with Crippen molar-refractivity contribution in [2.75, 3.05) is 14.2 Å². The SMILES string of the molecule is CO/N=C(\C(=O)O)c1cc(OC)c(O)c2c(Cc3ccccc3)cccc12. The van der Waals surface area contributed by atoms with Gasteiger partial charge in [-0.25, -0.2) is 4.79 Å². The van der Waals surface area contributed by atoms with Crippen molar-refractivity contribution in [2.45, 2.75) is 6.42 Å². The number of phenols is 1. The quantitative estimate of drug-likeness (QED) is 0.515. The van der Waals surface area contributed by atoms with E-state index in [0.717, 1.165) is 11.1 Å². The van der Waals surface area contributed by atoms with E-state index in [1.165, 1.54) is 20.3 Å². The molecule has 0 aliphatic heterocycles. The van der Waals surface area contributed by atoms with Gasteiger partial charge < -0.3 is 19.8 Å². The molecule has 2 N–H and O–H groups in total. The normalized spacial score (nSPS) is 11.4. The van der Waals surface area contributed by atoms with E-state index in [9.17, 15) is 15.0 Å². The molecule has 0 saturated heterocycles. The summed E-state index contributed by atoms with van der Waals surface area (Å²) >= 11 is 0. The number of carbonyl (C=O) groups is 1. The molecule has 3 aromatic carbocycles. The fraction of sp³-hybridized carbons (Fsp3) is 0.143. The first-order valence-corrected chi connectivity index (χ1v) is 8.27. The summed E-state index contributed by atoms with van der Waals surface area (Å²) in [5.74, 6) is -1.10. The van der Waals surface area contributed by atoms with Gasteiger partial charge in [0.2, 0.25) is 0 Å². The number of aliphatic carboxylic acids is 1. The second-order valence-electron chi connectivity index (χ2n) is 5.90. The predicted molar refractivity (Wildman–Crippen MR) is 103 cm³/mol. The number of rotatable bonds is 6. The summed E-state index contributed by atoms with van der Waals surface area (Å²) in [6.45, 7) is 0. The van der Waals surface area contributed by atoms with Crippen LogP contribution in [0.4, 0.5) is 0 Å². The van der Waals surface area contributed by atoms with Gasteiger partial charge in [-0.05, 0) is 29.0 Å². The lowest BCUT2D eigenvalue weighted by atomic mass is 9.93. The highest BCUT2D eigenvalue weighted by atomic mass is 16.6. The van der Waals surface area contributed by atoms with Crippen molar-refractivity contribution < 1.29 is 24.6 Å². The Morgan fingerprint density at radius 2 is 1.81 bits per heavy atom. The van der Waals surface area contributed by atoms with E-state index in [1.807, 2.05) is 42.5 Å². The highest BCUT2D eigenvalue weighted by Gasteiger charge is 2.22. The summed E-state index contributed by atoms with van der Waals surface area (Å²) in [5.41, 5.74) is 1.96. The molecule has 6 heteroatoms. The molecular weight excluding hydrogens is 346 g/mol. The number of hydrogen-bond acceptors (Lipinski definition) is 5. The molecule has 0 atom stereocenters. The summed E-state index contributed by atoms with van der Waals surface area (Å²) in [6.07, 6.45) is 0.572. The number of aromatic hydroxyl groups is 1. The molecule has 0 bridgehead atoms. The highest BCUT2D eigenvalue weighted by Crippen LogP contribution is 2.40. The van der Waals surface area contributed by atoms with Gasteiger partial charge in [-0.15, -0.1) is 0 Å². The number of carboxylic acid groups (broad SMARTS) is 1. The maximum absolute atomic E-state index is 11.7. The molecule has 0 aliphatic rings. The number of benzene rings is 3. The molecule has 0 fully saturated rings. The fourth-order valence-electron chi connectivity index (χ4n) is 3.11. The van der Waals surface area contributed by atoms with Crippen molar-refractivity contribution in [3.8, 4) is 11.5 Å². The minimum Gasteiger partial charge on any atom is -0.504 e. The standard InChI is InChI=1S/C21H19NO5/c1-26-17-12-16(19(21(24)25)22-27-2)15-10-6-9-14(18(15)20(17)23)11-13-7-4-3-5-8-13/h3-10,12,23H,11H2,1-2H3,(H,24,25)/b22-19-. The molecule has 0 saturated carbocycles. The number of nitrogens with zero attached hydrogens (tertiary/aromatic N) is 1. The van der Waals surface area contributed by atoms with Crippen molar-refractivity contribution in [3.63, 3.8) is 0 Å². The molecule has 0 radical (unpaired) electrons. The van der Waals surface area contributed by atoms with Crippen LogP contribution in [0, 0.1) is 0 Å². The third-order valence-corrected chi connectivity index (χ3v) is 4.28. The van der Waals surface area contributed by atoms with Gasteiger partial charge >= 0.3 is 5.97 Å². The second-order valence-corrected chi connectivity index (χ2v) is 5.90. The summed E-state index contributed by atoms with van der Waals surface area (Å²) in [6, 6.07) is 16.7. The molecule has 0 spiro atoms. The summed E-state index contributed by atoms with van der Waals surface area (Å²) in [5, 5.41) is 25.0. The smallest absolute Gasteiger partial charge is 0.358 e. The molecule has 138 valence electrons. The Morgan fingerprint density at radius 1 is 1.07 bits per heavy atom. The van der Waals surface area contributed by atoms with E-state index >= 15 is 0 Å². The Labute approximate surface area is 156 Å². The number of oxime groups is 1. The number of hydrogen-bond donors (Lipinski definition) is 2. The van der Waals surface area contributed by atoms with Gasteiger partial charge in [0.1, 0.15) is 7.11 Å². The maximum Gasteiger partial charge on any atom is 0.358 e. The largest absolute Gasteiger partial charge is 0.504 e. The molecular formula is C21H19NO5. The molecule has 27 heavy (non-hydrogen) atoms. The zero-order valence-corrected chi connectivity index (χ0v) is 15.0. The lowest BCUT2D eigenvalue weighted by Crippen LogP contribution is -2.15. The van der Waals surface area contributed by atoms with Gasteiger partial charge in [-0.3, -0.25) is 0 Å². The monoisotopic (exact) mass is 365 g/mol. The highest BCUT2D eigenvalue weighted by molar-refractivity contribution is 6.45. The lowest BCUT2D eigenvalue weighted by molar-refractivity contribution is -0.129. The Kier molecular flexibility index (Phi) is 5.26. The van der Waals surface area contributed by atoms with E-state index in [1.54, 1.807) is 6.07 Å². The first-order chi connectivity index (χ1) is 13.1. The van der Waals surface area contributed by atoms with E-state index < -0.39 is 5.97 Å². The van der Waals surface area contributed by atoms with Crippen molar-refractivity contribution in [2.24, 2.45) is 5.16 Å². The van der Waals surface area contributed by atoms with E-state index in [4.69, 9.17) is 9.57 Å². The van der Waals surface area contributed by atoms with Gasteiger partial charge in [0.15, 0.2) is 17.2 Å². The molecule has 3 aromatic rings. The van der Waals surface area contributed by atoms with E-state index in [0.29, 0.717) is 22.8 Å². The Bertz CT molecular complexity index is 1010. The van der Waals surface area contributed by atoms with Crippen LogP contribution in [0.1, 0.15) is 16.7 Å². The van der Waals surface area contributed by atoms with Crippen molar-refractivity contribution >= 4 is 22.5 Å². The van der Waals surface area contributed by atoms with Crippen molar-refractivity contribution in [3.05, 3.63) is 71.3 Å². The minimum atomic E-state index is -1.24. The maximum atomic E-state index is 11.7. The van der Waals surface area contributed by atoms with Crippen LogP contribution in [0.3, 0.4) is 0 Å². The molecule has 0 amide bonds. The number of carboxylic acids is 1. The van der Waals surface area contributed by atoms with Crippen LogP contribution < -0.4 is 4.74 Å². The average Bonchev–Trinajstić information content (AvgIpc) is 2.67. The minimum absolute atomic E-state index is 0.0371. The molecule has 0 heterocycles. The molecule has 0 aliphatic carbocycles. The summed E-state index contributed by atoms with van der Waals surface area (Å²) < 4.78 is 5.27. The fourth-order valence-corrected chi connectivity index (χ4v) is 3.11. The van der Waals surface area contributed by atoms with Crippen LogP contribution >= 0.6 is 0 Å². The van der Waals surface area contributed by atoms with Gasteiger partial charge in [-0.2, -0.15) is 0 Å². The number of ether oxygens (including phenoxy) is 1. The Balaban J connectivity index is 2.30. The molecule has 3 rings (SSSR count). The molecule has 0 aromatic heterocycles. The Hall–Kier alpha value is -3.54. The third-order valence-electron chi connectivity index (χ3n) is 4.28. The van der Waals surface area contributed by atoms with Crippen LogP contribution in [0.2, 0.25) is 0 Å². The van der Waals surface area contributed by atoms with Gasteiger partial charge in [0.25, 0.3) is 0 Å². The van der Waals surface area contributed by atoms with Crippen LogP contribution in [-0.2, 0) is 16.1 Å². The Morgan fingerprint density at radius 3 is 2.44 bits per heavy atom. The zero-order chi connectivity index (χ0) is 19.4. The molecule has 6 nitrogen and oxygen atoms in total. The van der Waals surface area contributed by atoms with Gasteiger partial charge in [0.05, 0.1) is 7.11 Å². The van der Waals surface area contributed by atoms with E-state index in [2.05, 4.69) is 5.16 Å². The zero-order valence-electron chi connectivity index (χ0n) is 15.0. The van der Waals surface area contributed by atoms with Crippen molar-refractivity contribution in [1.29, 1.82) is 0 Å². The predicted octanol–water partition coefficient (Wildman–Crippen LogP) is 3.58. The third kappa shape index (κ3) is 3.55. The van der Waals surface area contributed by atoms with Crippen LogP contribution in [-0.4, -0.2) is 36.1 Å². The second kappa shape index (κ2) is 7.78. The summed E-state index contributed by atoms with van der Waals surface area (Å²) in [7, 11) is 2.70. The summed E-state index contributed by atoms with van der Waals surface area (Å²) in [4.78, 5) is 16.4.